The van der Waals surface area contributed by atoms with Gasteiger partial charge in [0.05, 0.1) is 11.6 Å². The van der Waals surface area contributed by atoms with Gasteiger partial charge in [0.1, 0.15) is 0 Å². The van der Waals surface area contributed by atoms with Crippen molar-refractivity contribution in [2.75, 3.05) is 32.7 Å². The van der Waals surface area contributed by atoms with E-state index in [1.165, 1.54) is 5.56 Å². The Balaban J connectivity index is 1.33. The minimum absolute atomic E-state index is 0.0760. The molecule has 0 bridgehead atoms. The maximum atomic E-state index is 13.2. The van der Waals surface area contributed by atoms with Gasteiger partial charge in [0.2, 0.25) is 0 Å². The molecular formula is C25H30N4O. The Morgan fingerprint density at radius 3 is 2.27 bits per heavy atom. The number of amides is 1. The maximum absolute atomic E-state index is 13.2. The van der Waals surface area contributed by atoms with E-state index in [9.17, 15) is 4.79 Å². The zero-order chi connectivity index (χ0) is 21.3. The van der Waals surface area contributed by atoms with Crippen molar-refractivity contribution in [2.24, 2.45) is 17.6 Å². The summed E-state index contributed by atoms with van der Waals surface area (Å²) in [7, 11) is 0. The number of benzene rings is 2. The Morgan fingerprint density at radius 2 is 1.70 bits per heavy atom. The van der Waals surface area contributed by atoms with Gasteiger partial charge in [-0.2, -0.15) is 5.26 Å². The molecule has 2 aliphatic rings. The van der Waals surface area contributed by atoms with Gasteiger partial charge < -0.3 is 15.5 Å². The predicted octanol–water partition coefficient (Wildman–Crippen LogP) is 3.27. The summed E-state index contributed by atoms with van der Waals surface area (Å²) >= 11 is 0. The van der Waals surface area contributed by atoms with E-state index in [1.807, 2.05) is 49.1 Å². The molecule has 4 rings (SSSR count). The summed E-state index contributed by atoms with van der Waals surface area (Å²) in [5.74, 6) is 1.20. The van der Waals surface area contributed by atoms with E-state index in [0.717, 1.165) is 55.8 Å². The molecule has 30 heavy (non-hydrogen) atoms. The van der Waals surface area contributed by atoms with Crippen molar-refractivity contribution >= 4 is 5.91 Å². The minimum Gasteiger partial charge on any atom is -0.338 e. The first kappa shape index (κ1) is 20.6. The molecule has 1 amide bonds. The van der Waals surface area contributed by atoms with Crippen LogP contribution in [0.2, 0.25) is 0 Å². The van der Waals surface area contributed by atoms with Crippen LogP contribution in [0.25, 0.3) is 0 Å². The molecule has 156 valence electrons. The van der Waals surface area contributed by atoms with Crippen LogP contribution in [-0.2, 0) is 0 Å². The van der Waals surface area contributed by atoms with Crippen molar-refractivity contribution in [2.45, 2.75) is 26.3 Å². The molecule has 2 saturated heterocycles. The molecule has 2 aromatic carbocycles. The molecule has 0 saturated carbocycles. The maximum Gasteiger partial charge on any atom is 0.254 e. The van der Waals surface area contributed by atoms with Crippen molar-refractivity contribution in [3.8, 4) is 6.07 Å². The number of fused-ring (bicyclic) bond motifs is 1. The lowest BCUT2D eigenvalue weighted by Crippen LogP contribution is -2.34. The van der Waals surface area contributed by atoms with Crippen LogP contribution < -0.4 is 5.73 Å². The molecule has 2 aliphatic heterocycles. The van der Waals surface area contributed by atoms with Crippen molar-refractivity contribution in [1.82, 2.24) is 9.80 Å². The zero-order valence-electron chi connectivity index (χ0n) is 17.8. The zero-order valence-corrected chi connectivity index (χ0v) is 17.8. The molecular weight excluding hydrogens is 372 g/mol. The number of nitriles is 1. The monoisotopic (exact) mass is 402 g/mol. The molecule has 3 atom stereocenters. The first-order valence-corrected chi connectivity index (χ1v) is 10.8. The second-order valence-electron chi connectivity index (χ2n) is 8.89. The van der Waals surface area contributed by atoms with E-state index in [2.05, 4.69) is 23.1 Å². The number of likely N-dealkylation sites (tertiary alicyclic amines) is 2. The second kappa shape index (κ2) is 8.59. The highest BCUT2D eigenvalue weighted by Crippen LogP contribution is 2.33. The molecule has 0 radical (unpaired) electrons. The fourth-order valence-corrected chi connectivity index (χ4v) is 5.15. The summed E-state index contributed by atoms with van der Waals surface area (Å²) in [5, 5.41) is 9.15. The largest absolute Gasteiger partial charge is 0.338 e. The first-order chi connectivity index (χ1) is 14.5. The average molecular weight is 403 g/mol. The third kappa shape index (κ3) is 4.12. The first-order valence-electron chi connectivity index (χ1n) is 10.8. The van der Waals surface area contributed by atoms with Crippen molar-refractivity contribution in [3.63, 3.8) is 0 Å². The Bertz CT molecular complexity index is 928. The van der Waals surface area contributed by atoms with Gasteiger partial charge in [-0.3, -0.25) is 4.79 Å². The highest BCUT2D eigenvalue weighted by molar-refractivity contribution is 5.97. The van der Waals surface area contributed by atoms with Crippen LogP contribution in [0.1, 0.15) is 45.1 Å². The lowest BCUT2D eigenvalue weighted by atomic mass is 9.98. The van der Waals surface area contributed by atoms with Crippen molar-refractivity contribution in [3.05, 3.63) is 70.3 Å². The van der Waals surface area contributed by atoms with E-state index in [1.54, 1.807) is 0 Å². The molecule has 2 fully saturated rings. The van der Waals surface area contributed by atoms with Gasteiger partial charge in [0.15, 0.2) is 0 Å². The fourth-order valence-electron chi connectivity index (χ4n) is 5.15. The third-order valence-electron chi connectivity index (χ3n) is 6.71. The Kier molecular flexibility index (Phi) is 5.90. The minimum atomic E-state index is 0.0760. The number of hydrogen-bond donors (Lipinski definition) is 1. The van der Waals surface area contributed by atoms with Gasteiger partial charge in [-0.1, -0.05) is 30.3 Å². The van der Waals surface area contributed by atoms with Crippen molar-refractivity contribution < 1.29 is 4.79 Å². The van der Waals surface area contributed by atoms with Crippen LogP contribution in [0, 0.1) is 37.0 Å². The number of carbonyl (C=O) groups is 1. The van der Waals surface area contributed by atoms with Crippen LogP contribution in [0.15, 0.2) is 42.5 Å². The molecule has 2 unspecified atom stereocenters. The number of nitrogens with zero attached hydrogens (tertiary/aromatic N) is 3. The summed E-state index contributed by atoms with van der Waals surface area (Å²) < 4.78 is 0. The van der Waals surface area contributed by atoms with Crippen LogP contribution in [0.5, 0.6) is 0 Å². The Labute approximate surface area is 179 Å². The summed E-state index contributed by atoms with van der Waals surface area (Å²) in [6.07, 6.45) is 0.954. The van der Waals surface area contributed by atoms with Crippen LogP contribution in [0.3, 0.4) is 0 Å². The lowest BCUT2D eigenvalue weighted by molar-refractivity contribution is 0.0772. The van der Waals surface area contributed by atoms with E-state index < -0.39 is 0 Å². The van der Waals surface area contributed by atoms with E-state index >= 15 is 0 Å². The van der Waals surface area contributed by atoms with Gasteiger partial charge in [0.25, 0.3) is 5.91 Å². The molecule has 5 nitrogen and oxygen atoms in total. The van der Waals surface area contributed by atoms with Gasteiger partial charge in [0, 0.05) is 37.8 Å². The summed E-state index contributed by atoms with van der Waals surface area (Å²) in [4.78, 5) is 17.7. The van der Waals surface area contributed by atoms with E-state index in [-0.39, 0.29) is 11.9 Å². The summed E-state index contributed by atoms with van der Waals surface area (Å²) in [6.45, 7) is 8.59. The molecule has 5 heteroatoms. The lowest BCUT2D eigenvalue weighted by Gasteiger charge is -2.24. The third-order valence-corrected chi connectivity index (χ3v) is 6.71. The smallest absolute Gasteiger partial charge is 0.254 e. The molecule has 2 aromatic rings. The fraction of sp³-hybridized carbons (Fsp3) is 0.440. The molecule has 0 aliphatic carbocycles. The predicted molar refractivity (Wildman–Crippen MR) is 118 cm³/mol. The highest BCUT2D eigenvalue weighted by Gasteiger charge is 2.41. The van der Waals surface area contributed by atoms with Gasteiger partial charge in [-0.25, -0.2) is 0 Å². The van der Waals surface area contributed by atoms with Gasteiger partial charge in [-0.15, -0.1) is 0 Å². The van der Waals surface area contributed by atoms with Gasteiger partial charge >= 0.3 is 0 Å². The Hall–Kier alpha value is -2.68. The Morgan fingerprint density at radius 1 is 1.10 bits per heavy atom. The highest BCUT2D eigenvalue weighted by atomic mass is 16.2. The summed E-state index contributed by atoms with van der Waals surface area (Å²) in [6, 6.07) is 16.2. The normalized spacial score (nSPS) is 22.0. The molecule has 0 aromatic heterocycles. The van der Waals surface area contributed by atoms with Crippen molar-refractivity contribution in [1.29, 1.82) is 5.26 Å². The topological polar surface area (TPSA) is 73.4 Å². The van der Waals surface area contributed by atoms with Gasteiger partial charge in [-0.05, 0) is 67.5 Å². The second-order valence-corrected chi connectivity index (χ2v) is 8.89. The number of carbonyl (C=O) groups excluding carboxylic acids is 1. The molecule has 2 N–H and O–H groups in total. The number of hydrogen-bond acceptors (Lipinski definition) is 4. The standard InChI is InChI=1S/C25H30N4O/c1-17-10-19(12-26)11-18(2)24(17)25(30)29-15-21-13-28(14-22(21)16-29)9-8-23(27)20-6-4-3-5-7-20/h3-7,10-11,21-23H,8-9,13-16,27H2,1-2H3/t21?,22?,23-/m0/s1. The number of nitrogens with two attached hydrogens (primary N) is 1. The SMILES string of the molecule is Cc1cc(C#N)cc(C)c1C(=O)N1CC2CN(CC[C@H](N)c3ccccc3)CC2C1. The van der Waals surface area contributed by atoms with Crippen LogP contribution >= 0.6 is 0 Å². The van der Waals surface area contributed by atoms with Crippen LogP contribution in [-0.4, -0.2) is 48.4 Å². The average Bonchev–Trinajstić information content (AvgIpc) is 3.30. The summed E-state index contributed by atoms with van der Waals surface area (Å²) in [5.41, 5.74) is 10.7. The van der Waals surface area contributed by atoms with E-state index in [0.29, 0.717) is 17.4 Å². The van der Waals surface area contributed by atoms with E-state index in [4.69, 9.17) is 11.0 Å². The molecule has 0 spiro atoms. The number of rotatable bonds is 5. The number of aryl methyl sites for hydroxylation is 2. The molecule has 2 heterocycles. The van der Waals surface area contributed by atoms with Crippen LogP contribution in [0.4, 0.5) is 0 Å². The quantitative estimate of drug-likeness (QED) is 0.833.